The maximum absolute atomic E-state index is 13.0. The van der Waals surface area contributed by atoms with Gasteiger partial charge in [-0.25, -0.2) is 4.39 Å². The van der Waals surface area contributed by atoms with Crippen LogP contribution in [-0.2, 0) is 6.54 Å². The first-order chi connectivity index (χ1) is 12.8. The summed E-state index contributed by atoms with van der Waals surface area (Å²) in [4.78, 5) is 0. The van der Waals surface area contributed by atoms with Gasteiger partial charge in [0.1, 0.15) is 11.6 Å². The van der Waals surface area contributed by atoms with Gasteiger partial charge in [0.2, 0.25) is 11.8 Å². The molecule has 1 heterocycles. The van der Waals surface area contributed by atoms with E-state index in [0.29, 0.717) is 30.0 Å². The second kappa shape index (κ2) is 7.56. The monoisotopic (exact) mass is 353 g/mol. The van der Waals surface area contributed by atoms with Crippen LogP contribution in [0.5, 0.6) is 5.75 Å². The number of nitrogens with zero attached hydrogens (tertiary/aromatic N) is 2. The summed E-state index contributed by atoms with van der Waals surface area (Å²) >= 11 is 0. The zero-order chi connectivity index (χ0) is 17.8. The van der Waals surface area contributed by atoms with Crippen LogP contribution in [0.4, 0.5) is 10.1 Å². The van der Waals surface area contributed by atoms with Crippen molar-refractivity contribution in [2.24, 2.45) is 0 Å². The van der Waals surface area contributed by atoms with E-state index in [0.717, 1.165) is 24.3 Å². The van der Waals surface area contributed by atoms with E-state index in [1.54, 1.807) is 12.1 Å². The lowest BCUT2D eigenvalue weighted by atomic mass is 10.2. The van der Waals surface area contributed by atoms with Crippen LogP contribution < -0.4 is 10.1 Å². The van der Waals surface area contributed by atoms with Crippen molar-refractivity contribution in [2.45, 2.75) is 38.3 Å². The molecule has 0 radical (unpaired) electrons. The van der Waals surface area contributed by atoms with Crippen molar-refractivity contribution >= 4 is 5.69 Å². The standard InChI is InChI=1S/C20H20FN3O2/c21-15-11-9-14(10-12-15)20-24-23-19(26-20)13-22-17-7-3-4-8-18(17)25-16-5-1-2-6-16/h3-4,7-12,16,22H,1-2,5-6,13H2. The van der Waals surface area contributed by atoms with Gasteiger partial charge in [-0.2, -0.15) is 0 Å². The van der Waals surface area contributed by atoms with E-state index in [9.17, 15) is 4.39 Å². The number of nitrogens with one attached hydrogen (secondary N) is 1. The third kappa shape index (κ3) is 3.85. The van der Waals surface area contributed by atoms with Crippen LogP contribution in [-0.4, -0.2) is 16.3 Å². The quantitative estimate of drug-likeness (QED) is 0.689. The molecule has 1 N–H and O–H groups in total. The summed E-state index contributed by atoms with van der Waals surface area (Å²) in [5.41, 5.74) is 1.59. The molecule has 0 bridgehead atoms. The number of aromatic nitrogens is 2. The first-order valence-electron chi connectivity index (χ1n) is 8.86. The minimum absolute atomic E-state index is 0.297. The highest BCUT2D eigenvalue weighted by Crippen LogP contribution is 2.30. The lowest BCUT2D eigenvalue weighted by Crippen LogP contribution is -2.12. The molecule has 1 aromatic heterocycles. The molecule has 3 aromatic rings. The first kappa shape index (κ1) is 16.6. The summed E-state index contributed by atoms with van der Waals surface area (Å²) in [6, 6.07) is 13.8. The fourth-order valence-corrected chi connectivity index (χ4v) is 3.11. The Kier molecular flexibility index (Phi) is 4.82. The Bertz CT molecular complexity index is 858. The highest BCUT2D eigenvalue weighted by Gasteiger charge is 2.18. The van der Waals surface area contributed by atoms with E-state index >= 15 is 0 Å². The fourth-order valence-electron chi connectivity index (χ4n) is 3.11. The lowest BCUT2D eigenvalue weighted by molar-refractivity contribution is 0.211. The number of para-hydroxylation sites is 2. The van der Waals surface area contributed by atoms with Gasteiger partial charge < -0.3 is 14.5 Å². The SMILES string of the molecule is Fc1ccc(-c2nnc(CNc3ccccc3OC3CCCC3)o2)cc1. The van der Waals surface area contributed by atoms with Gasteiger partial charge >= 0.3 is 0 Å². The summed E-state index contributed by atoms with van der Waals surface area (Å²) in [6.45, 7) is 0.388. The number of ether oxygens (including phenoxy) is 1. The number of hydrogen-bond acceptors (Lipinski definition) is 5. The molecule has 0 saturated heterocycles. The van der Waals surface area contributed by atoms with Crippen molar-refractivity contribution < 1.29 is 13.5 Å². The molecule has 0 atom stereocenters. The van der Waals surface area contributed by atoms with Gasteiger partial charge in [0.25, 0.3) is 0 Å². The summed E-state index contributed by atoms with van der Waals surface area (Å²) in [6.07, 6.45) is 4.98. The molecule has 1 aliphatic rings. The van der Waals surface area contributed by atoms with E-state index in [4.69, 9.17) is 9.15 Å². The first-order valence-corrected chi connectivity index (χ1v) is 8.86. The number of hydrogen-bond donors (Lipinski definition) is 1. The smallest absolute Gasteiger partial charge is 0.247 e. The van der Waals surface area contributed by atoms with Crippen molar-refractivity contribution in [2.75, 3.05) is 5.32 Å². The summed E-state index contributed by atoms with van der Waals surface area (Å²) in [5.74, 6) is 1.38. The van der Waals surface area contributed by atoms with Crippen molar-refractivity contribution in [3.63, 3.8) is 0 Å². The summed E-state index contributed by atoms with van der Waals surface area (Å²) < 4.78 is 24.8. The van der Waals surface area contributed by atoms with Crippen LogP contribution in [0.25, 0.3) is 11.5 Å². The van der Waals surface area contributed by atoms with Gasteiger partial charge in [-0.05, 0) is 62.1 Å². The third-order valence-corrected chi connectivity index (χ3v) is 4.47. The van der Waals surface area contributed by atoms with E-state index in [1.165, 1.54) is 25.0 Å². The summed E-state index contributed by atoms with van der Waals surface area (Å²) in [5, 5.41) is 11.4. The van der Waals surface area contributed by atoms with E-state index in [1.807, 2.05) is 24.3 Å². The van der Waals surface area contributed by atoms with Crippen molar-refractivity contribution in [3.05, 3.63) is 60.2 Å². The number of anilines is 1. The zero-order valence-electron chi connectivity index (χ0n) is 14.3. The Hall–Kier alpha value is -2.89. The Balaban J connectivity index is 1.42. The predicted octanol–water partition coefficient (Wildman–Crippen LogP) is 4.81. The molecule has 0 unspecified atom stereocenters. The molecule has 1 aliphatic carbocycles. The van der Waals surface area contributed by atoms with Crippen LogP contribution in [0.15, 0.2) is 52.9 Å². The Morgan fingerprint density at radius 3 is 2.62 bits per heavy atom. The normalized spacial score (nSPS) is 14.5. The Morgan fingerprint density at radius 2 is 1.81 bits per heavy atom. The summed E-state index contributed by atoms with van der Waals surface area (Å²) in [7, 11) is 0. The van der Waals surface area contributed by atoms with Crippen molar-refractivity contribution in [1.82, 2.24) is 10.2 Å². The maximum atomic E-state index is 13.0. The molecular weight excluding hydrogens is 333 g/mol. The molecule has 0 spiro atoms. The van der Waals surface area contributed by atoms with Gasteiger partial charge in [-0.3, -0.25) is 0 Å². The van der Waals surface area contributed by atoms with E-state index in [-0.39, 0.29) is 5.82 Å². The van der Waals surface area contributed by atoms with Crippen LogP contribution in [0.3, 0.4) is 0 Å². The molecule has 134 valence electrons. The topological polar surface area (TPSA) is 60.2 Å². The zero-order valence-corrected chi connectivity index (χ0v) is 14.3. The number of rotatable bonds is 6. The minimum atomic E-state index is -0.297. The molecule has 26 heavy (non-hydrogen) atoms. The van der Waals surface area contributed by atoms with Crippen LogP contribution in [0.1, 0.15) is 31.6 Å². The van der Waals surface area contributed by atoms with Gasteiger partial charge in [-0.1, -0.05) is 12.1 Å². The number of benzene rings is 2. The molecule has 6 heteroatoms. The molecule has 1 saturated carbocycles. The lowest BCUT2D eigenvalue weighted by Gasteiger charge is -2.16. The second-order valence-corrected chi connectivity index (χ2v) is 6.38. The van der Waals surface area contributed by atoms with Crippen LogP contribution >= 0.6 is 0 Å². The van der Waals surface area contributed by atoms with Crippen molar-refractivity contribution in [3.8, 4) is 17.2 Å². The number of halogens is 1. The Labute approximate surface area is 151 Å². The van der Waals surface area contributed by atoms with Crippen LogP contribution in [0, 0.1) is 5.82 Å². The fraction of sp³-hybridized carbons (Fsp3) is 0.300. The van der Waals surface area contributed by atoms with Crippen molar-refractivity contribution in [1.29, 1.82) is 0 Å². The average molecular weight is 353 g/mol. The third-order valence-electron chi connectivity index (χ3n) is 4.47. The second-order valence-electron chi connectivity index (χ2n) is 6.38. The molecule has 1 fully saturated rings. The molecule has 0 amide bonds. The van der Waals surface area contributed by atoms with Gasteiger partial charge in [-0.15, -0.1) is 10.2 Å². The Morgan fingerprint density at radius 1 is 1.04 bits per heavy atom. The predicted molar refractivity (Wildman–Crippen MR) is 96.3 cm³/mol. The highest BCUT2D eigenvalue weighted by atomic mass is 19.1. The van der Waals surface area contributed by atoms with E-state index in [2.05, 4.69) is 15.5 Å². The van der Waals surface area contributed by atoms with Gasteiger partial charge in [0, 0.05) is 5.56 Å². The molecular formula is C20H20FN3O2. The molecule has 0 aliphatic heterocycles. The molecule has 4 rings (SSSR count). The largest absolute Gasteiger partial charge is 0.488 e. The van der Waals surface area contributed by atoms with Crippen LogP contribution in [0.2, 0.25) is 0 Å². The average Bonchev–Trinajstić information content (AvgIpc) is 3.34. The minimum Gasteiger partial charge on any atom is -0.488 e. The van der Waals surface area contributed by atoms with E-state index < -0.39 is 0 Å². The van der Waals surface area contributed by atoms with Gasteiger partial charge in [0.05, 0.1) is 18.3 Å². The molecule has 5 nitrogen and oxygen atoms in total. The maximum Gasteiger partial charge on any atom is 0.247 e. The highest BCUT2D eigenvalue weighted by molar-refractivity contribution is 5.56. The van der Waals surface area contributed by atoms with Gasteiger partial charge in [0.15, 0.2) is 0 Å². The molecule has 2 aromatic carbocycles.